The molecule has 1 aromatic rings. The predicted molar refractivity (Wildman–Crippen MR) is 96.9 cm³/mol. The summed E-state index contributed by atoms with van der Waals surface area (Å²) in [5, 5.41) is 0. The van der Waals surface area contributed by atoms with Crippen LogP contribution in [0.25, 0.3) is 0 Å². The van der Waals surface area contributed by atoms with Crippen LogP contribution >= 0.6 is 0 Å². The average molecular weight is 331 g/mol. The molecule has 0 spiro atoms. The molecule has 0 aromatic heterocycles. The van der Waals surface area contributed by atoms with E-state index in [0.29, 0.717) is 24.3 Å². The summed E-state index contributed by atoms with van der Waals surface area (Å²) in [6.07, 6.45) is 6.63. The Balaban J connectivity index is 2.16. The number of unbranched alkanes of at least 4 members (excludes halogenated alkanes) is 4. The molecule has 24 heavy (non-hydrogen) atoms. The highest BCUT2D eigenvalue weighted by molar-refractivity contribution is 6.03. The lowest BCUT2D eigenvalue weighted by molar-refractivity contribution is -0.125. The Morgan fingerprint density at radius 2 is 1.88 bits per heavy atom. The minimum atomic E-state index is -0.467. The Bertz CT molecular complexity index is 582. The summed E-state index contributed by atoms with van der Waals surface area (Å²) in [5.74, 6) is 0.802. The summed E-state index contributed by atoms with van der Waals surface area (Å²) in [6.45, 7) is 6.66. The molecule has 1 aliphatic rings. The fourth-order valence-electron chi connectivity index (χ4n) is 3.06. The van der Waals surface area contributed by atoms with Crippen LogP contribution in [0, 0.1) is 0 Å². The zero-order valence-corrected chi connectivity index (χ0v) is 15.1. The number of ketones is 1. The first-order valence-corrected chi connectivity index (χ1v) is 9.23. The second-order valence-electron chi connectivity index (χ2n) is 6.52. The normalized spacial score (nSPS) is 16.7. The van der Waals surface area contributed by atoms with E-state index >= 15 is 0 Å². The van der Waals surface area contributed by atoms with Gasteiger partial charge in [0.2, 0.25) is 0 Å². The number of carbonyl (C=O) groups excluding carboxylic acids is 2. The van der Waals surface area contributed by atoms with Crippen molar-refractivity contribution in [3.8, 4) is 5.75 Å². The first-order chi connectivity index (χ1) is 11.6. The fourth-order valence-corrected chi connectivity index (χ4v) is 3.06. The molecule has 0 bridgehead atoms. The molecule has 0 saturated carbocycles. The average Bonchev–Trinajstić information content (AvgIpc) is 2.57. The lowest BCUT2D eigenvalue weighted by Gasteiger charge is -2.33. The van der Waals surface area contributed by atoms with E-state index in [0.717, 1.165) is 24.9 Å². The summed E-state index contributed by atoms with van der Waals surface area (Å²) in [7, 11) is 0. The van der Waals surface area contributed by atoms with Gasteiger partial charge in [-0.25, -0.2) is 0 Å². The number of hydrogen-bond acceptors (Lipinski definition) is 3. The molecule has 1 aliphatic heterocycles. The first kappa shape index (κ1) is 18.5. The van der Waals surface area contributed by atoms with Gasteiger partial charge in [0.25, 0.3) is 5.91 Å². The number of carbonyl (C=O) groups is 2. The van der Waals surface area contributed by atoms with E-state index in [1.165, 1.54) is 19.3 Å². The van der Waals surface area contributed by atoms with Crippen molar-refractivity contribution in [1.82, 2.24) is 0 Å². The van der Waals surface area contributed by atoms with Crippen LogP contribution in [0.1, 0.15) is 76.1 Å². The van der Waals surface area contributed by atoms with Gasteiger partial charge in [0.1, 0.15) is 5.75 Å². The largest absolute Gasteiger partial charge is 0.479 e. The van der Waals surface area contributed by atoms with Gasteiger partial charge in [0, 0.05) is 18.5 Å². The van der Waals surface area contributed by atoms with E-state index in [2.05, 4.69) is 6.92 Å². The Labute approximate surface area is 145 Å². The van der Waals surface area contributed by atoms with E-state index < -0.39 is 6.10 Å². The van der Waals surface area contributed by atoms with Crippen molar-refractivity contribution in [1.29, 1.82) is 0 Å². The van der Waals surface area contributed by atoms with Crippen LogP contribution < -0.4 is 9.64 Å². The van der Waals surface area contributed by atoms with Crippen molar-refractivity contribution in [3.63, 3.8) is 0 Å². The van der Waals surface area contributed by atoms with Crippen molar-refractivity contribution >= 4 is 17.4 Å². The molecule has 0 radical (unpaired) electrons. The lowest BCUT2D eigenvalue weighted by atomic mass is 10.0. The molecule has 4 heteroatoms. The van der Waals surface area contributed by atoms with E-state index in [4.69, 9.17) is 4.74 Å². The zero-order valence-electron chi connectivity index (χ0n) is 15.1. The summed E-state index contributed by atoms with van der Waals surface area (Å²) < 4.78 is 5.71. The third kappa shape index (κ3) is 4.37. The summed E-state index contributed by atoms with van der Waals surface area (Å²) in [5.41, 5.74) is 1.41. The van der Waals surface area contributed by atoms with Gasteiger partial charge in [-0.05, 0) is 38.0 Å². The Morgan fingerprint density at radius 3 is 2.58 bits per heavy atom. The van der Waals surface area contributed by atoms with Crippen molar-refractivity contribution in [2.24, 2.45) is 0 Å². The van der Waals surface area contributed by atoms with Gasteiger partial charge >= 0.3 is 0 Å². The number of fused-ring (bicyclic) bond motifs is 1. The number of ether oxygens (including phenoxy) is 1. The minimum Gasteiger partial charge on any atom is -0.479 e. The molecule has 1 unspecified atom stereocenters. The summed E-state index contributed by atoms with van der Waals surface area (Å²) in [4.78, 5) is 26.5. The van der Waals surface area contributed by atoms with Crippen LogP contribution in [-0.2, 0) is 4.79 Å². The molecule has 0 fully saturated rings. The lowest BCUT2D eigenvalue weighted by Crippen LogP contribution is -2.45. The van der Waals surface area contributed by atoms with Crippen LogP contribution in [-0.4, -0.2) is 24.3 Å². The van der Waals surface area contributed by atoms with Gasteiger partial charge in [0.05, 0.1) is 5.69 Å². The highest BCUT2D eigenvalue weighted by Crippen LogP contribution is 2.35. The number of hydrogen-bond donors (Lipinski definition) is 0. The van der Waals surface area contributed by atoms with Gasteiger partial charge in [-0.1, -0.05) is 39.5 Å². The topological polar surface area (TPSA) is 46.6 Å². The smallest absolute Gasteiger partial charge is 0.267 e. The second kappa shape index (κ2) is 8.86. The molecule has 0 aliphatic carbocycles. The Hall–Kier alpha value is -1.84. The van der Waals surface area contributed by atoms with Crippen LogP contribution in [0.5, 0.6) is 5.75 Å². The number of anilines is 1. The van der Waals surface area contributed by atoms with E-state index in [1.54, 1.807) is 17.9 Å². The summed E-state index contributed by atoms with van der Waals surface area (Å²) in [6, 6.07) is 5.45. The fraction of sp³-hybridized carbons (Fsp3) is 0.600. The van der Waals surface area contributed by atoms with Gasteiger partial charge in [-0.3, -0.25) is 9.59 Å². The Kier molecular flexibility index (Phi) is 6.83. The number of benzene rings is 1. The molecular weight excluding hydrogens is 302 g/mol. The number of rotatable bonds is 9. The molecule has 1 aromatic carbocycles. The molecule has 1 heterocycles. The number of Topliss-reactive ketones (excluding diaryl/α,β-unsaturated/α-hetero) is 1. The highest BCUT2D eigenvalue weighted by Gasteiger charge is 2.31. The molecule has 1 atom stereocenters. The summed E-state index contributed by atoms with van der Waals surface area (Å²) >= 11 is 0. The van der Waals surface area contributed by atoms with Crippen LogP contribution in [0.4, 0.5) is 5.69 Å². The van der Waals surface area contributed by atoms with E-state index in [1.807, 2.05) is 19.1 Å². The zero-order chi connectivity index (χ0) is 17.5. The Morgan fingerprint density at radius 1 is 1.12 bits per heavy atom. The molecule has 4 nitrogen and oxygen atoms in total. The van der Waals surface area contributed by atoms with Gasteiger partial charge in [0.15, 0.2) is 11.9 Å². The van der Waals surface area contributed by atoms with Gasteiger partial charge in [-0.15, -0.1) is 0 Å². The van der Waals surface area contributed by atoms with Gasteiger partial charge < -0.3 is 9.64 Å². The monoisotopic (exact) mass is 331 g/mol. The molecule has 0 N–H and O–H groups in total. The maximum absolute atomic E-state index is 12.5. The second-order valence-corrected chi connectivity index (χ2v) is 6.52. The standard InChI is InChI=1S/C20H29NO3/c1-4-6-7-8-9-13-21-17-14-16(18(22)10-5-2)11-12-19(17)24-15(3)20(21)23/h11-12,14-15H,4-10,13H2,1-3H3. The first-order valence-electron chi connectivity index (χ1n) is 9.23. The molecular formula is C20H29NO3. The maximum Gasteiger partial charge on any atom is 0.267 e. The molecule has 132 valence electrons. The van der Waals surface area contributed by atoms with Crippen LogP contribution in [0.15, 0.2) is 18.2 Å². The van der Waals surface area contributed by atoms with Crippen molar-refractivity contribution < 1.29 is 14.3 Å². The third-order valence-electron chi connectivity index (χ3n) is 4.45. The highest BCUT2D eigenvalue weighted by atomic mass is 16.5. The number of nitrogens with zero attached hydrogens (tertiary/aromatic N) is 1. The molecule has 1 amide bonds. The predicted octanol–water partition coefficient (Wildman–Crippen LogP) is 4.75. The maximum atomic E-state index is 12.5. The van der Waals surface area contributed by atoms with E-state index in [9.17, 15) is 9.59 Å². The third-order valence-corrected chi connectivity index (χ3v) is 4.45. The van der Waals surface area contributed by atoms with Gasteiger partial charge in [-0.2, -0.15) is 0 Å². The van der Waals surface area contributed by atoms with Crippen LogP contribution in [0.2, 0.25) is 0 Å². The molecule has 2 rings (SSSR count). The van der Waals surface area contributed by atoms with Crippen molar-refractivity contribution in [3.05, 3.63) is 23.8 Å². The minimum absolute atomic E-state index is 0.0157. The number of amides is 1. The van der Waals surface area contributed by atoms with Crippen molar-refractivity contribution in [2.45, 2.75) is 71.8 Å². The quantitative estimate of drug-likeness (QED) is 0.484. The van der Waals surface area contributed by atoms with Crippen LogP contribution in [0.3, 0.4) is 0 Å². The van der Waals surface area contributed by atoms with Crippen molar-refractivity contribution in [2.75, 3.05) is 11.4 Å². The molecule has 0 saturated heterocycles. The SMILES string of the molecule is CCCCCCCN1C(=O)C(C)Oc2ccc(C(=O)CCC)cc21. The van der Waals surface area contributed by atoms with E-state index in [-0.39, 0.29) is 11.7 Å².